The Bertz CT molecular complexity index is 905. The van der Waals surface area contributed by atoms with Crippen LogP contribution in [0.4, 0.5) is 0 Å². The summed E-state index contributed by atoms with van der Waals surface area (Å²) in [4.78, 5) is 25.8. The zero-order valence-electron chi connectivity index (χ0n) is 16.6. The number of Topliss-reactive ketones (excluding diaryl/α,β-unsaturated/α-hetero) is 1. The Hall–Kier alpha value is -2.51. The fourth-order valence-electron chi connectivity index (χ4n) is 3.80. The van der Waals surface area contributed by atoms with Crippen molar-refractivity contribution in [1.29, 1.82) is 0 Å². The molecule has 1 heterocycles. The molecule has 1 aromatic rings. The van der Waals surface area contributed by atoms with E-state index >= 15 is 0 Å². The van der Waals surface area contributed by atoms with Crippen LogP contribution in [0, 0.1) is 0 Å². The van der Waals surface area contributed by atoms with Gasteiger partial charge in [0, 0.05) is 36.4 Å². The van der Waals surface area contributed by atoms with Crippen molar-refractivity contribution in [2.24, 2.45) is 0 Å². The van der Waals surface area contributed by atoms with E-state index < -0.39 is 11.9 Å². The third kappa shape index (κ3) is 4.11. The zero-order chi connectivity index (χ0) is 21.1. The number of nitrogens with one attached hydrogen (secondary N) is 1. The van der Waals surface area contributed by atoms with E-state index in [4.69, 9.17) is 25.8 Å². The number of allylic oxidation sites excluding steroid dienone is 3. The molecule has 0 saturated heterocycles. The van der Waals surface area contributed by atoms with Crippen LogP contribution >= 0.6 is 11.6 Å². The monoisotopic (exact) mass is 421 g/mol. The number of carbonyl (C=O) groups is 2. The summed E-state index contributed by atoms with van der Waals surface area (Å²) < 4.78 is 15.5. The van der Waals surface area contributed by atoms with Crippen molar-refractivity contribution in [2.75, 3.05) is 27.4 Å². The third-order valence-corrected chi connectivity index (χ3v) is 5.41. The maximum absolute atomic E-state index is 12.9. The lowest BCUT2D eigenvalue weighted by Crippen LogP contribution is -2.34. The molecule has 1 unspecified atom stereocenters. The van der Waals surface area contributed by atoms with Crippen LogP contribution in [0.5, 0.6) is 11.5 Å². The van der Waals surface area contributed by atoms with E-state index in [2.05, 4.69) is 5.32 Å². The van der Waals surface area contributed by atoms with Gasteiger partial charge in [-0.2, -0.15) is 0 Å². The number of benzene rings is 1. The van der Waals surface area contributed by atoms with E-state index in [1.165, 1.54) is 14.2 Å². The average Bonchev–Trinajstić information content (AvgIpc) is 2.69. The number of rotatable bonds is 6. The quantitative estimate of drug-likeness (QED) is 0.538. The molecule has 8 heteroatoms. The molecule has 1 atom stereocenters. The van der Waals surface area contributed by atoms with Gasteiger partial charge in [0.1, 0.15) is 6.61 Å². The molecule has 3 rings (SSSR count). The number of carbonyl (C=O) groups excluding carboxylic acids is 2. The minimum atomic E-state index is -0.666. The summed E-state index contributed by atoms with van der Waals surface area (Å²) in [6, 6.07) is 3.15. The Morgan fingerprint density at radius 3 is 2.72 bits per heavy atom. The smallest absolute Gasteiger partial charge is 0.336 e. The van der Waals surface area contributed by atoms with Gasteiger partial charge in [-0.15, -0.1) is 0 Å². The van der Waals surface area contributed by atoms with E-state index in [1.54, 1.807) is 19.1 Å². The Morgan fingerprint density at radius 2 is 2.03 bits per heavy atom. The number of ether oxygens (including phenoxy) is 3. The van der Waals surface area contributed by atoms with Gasteiger partial charge in [0.2, 0.25) is 0 Å². The normalized spacial score (nSPS) is 19.0. The van der Waals surface area contributed by atoms with Crippen molar-refractivity contribution < 1.29 is 28.9 Å². The van der Waals surface area contributed by atoms with Gasteiger partial charge in [-0.05, 0) is 37.5 Å². The molecule has 0 radical (unpaired) electrons. The van der Waals surface area contributed by atoms with E-state index in [-0.39, 0.29) is 35.5 Å². The largest absolute Gasteiger partial charge is 0.503 e. The standard InChI is InChI=1S/C21H24ClNO6/c1-11-17(21(26)29-8-7-27-2)18(19-14(23-11)5-4-6-15(19)24)12-9-13(22)20(25)16(10-12)28-3/h9-10,18,23,25H,4-8H2,1-3H3. The number of halogens is 1. The summed E-state index contributed by atoms with van der Waals surface area (Å²) in [6.07, 6.45) is 1.87. The summed E-state index contributed by atoms with van der Waals surface area (Å²) in [5.41, 5.74) is 2.87. The van der Waals surface area contributed by atoms with Crippen LogP contribution in [0.15, 0.2) is 34.7 Å². The number of aromatic hydroxyl groups is 1. The first-order chi connectivity index (χ1) is 13.9. The van der Waals surface area contributed by atoms with E-state index in [1.807, 2.05) is 0 Å². The highest BCUT2D eigenvalue weighted by atomic mass is 35.5. The maximum Gasteiger partial charge on any atom is 0.336 e. The Balaban J connectivity index is 2.13. The Labute approximate surface area is 174 Å². The summed E-state index contributed by atoms with van der Waals surface area (Å²) in [7, 11) is 2.93. The second-order valence-corrected chi connectivity index (χ2v) is 7.36. The van der Waals surface area contributed by atoms with Crippen molar-refractivity contribution in [3.63, 3.8) is 0 Å². The van der Waals surface area contributed by atoms with Crippen LogP contribution in [-0.2, 0) is 19.1 Å². The summed E-state index contributed by atoms with van der Waals surface area (Å²) in [5, 5.41) is 13.4. The highest BCUT2D eigenvalue weighted by Crippen LogP contribution is 2.46. The minimum Gasteiger partial charge on any atom is -0.503 e. The molecular weight excluding hydrogens is 398 g/mol. The van der Waals surface area contributed by atoms with Crippen LogP contribution in [0.2, 0.25) is 5.02 Å². The van der Waals surface area contributed by atoms with E-state index in [0.29, 0.717) is 35.2 Å². The molecule has 0 aromatic heterocycles. The number of ketones is 1. The first kappa shape index (κ1) is 21.2. The second kappa shape index (κ2) is 8.88. The van der Waals surface area contributed by atoms with Crippen molar-refractivity contribution >= 4 is 23.4 Å². The number of dihydropyridines is 1. The summed E-state index contributed by atoms with van der Waals surface area (Å²) in [6.45, 7) is 2.14. The SMILES string of the molecule is COCCOC(=O)C1=C(C)NC2=C(C(=O)CCC2)C1c1cc(Cl)c(O)c(OC)c1. The molecule has 1 aromatic carbocycles. The Morgan fingerprint density at radius 1 is 1.28 bits per heavy atom. The average molecular weight is 422 g/mol. The van der Waals surface area contributed by atoms with Crippen molar-refractivity contribution in [2.45, 2.75) is 32.1 Å². The van der Waals surface area contributed by atoms with Crippen LogP contribution in [0.1, 0.15) is 37.7 Å². The summed E-state index contributed by atoms with van der Waals surface area (Å²) in [5.74, 6) is -1.25. The van der Waals surface area contributed by atoms with Gasteiger partial charge in [0.05, 0.1) is 24.3 Å². The van der Waals surface area contributed by atoms with Gasteiger partial charge in [-0.3, -0.25) is 4.79 Å². The molecule has 1 aliphatic carbocycles. The molecule has 156 valence electrons. The number of esters is 1. The number of phenols is 1. The van der Waals surface area contributed by atoms with Crippen molar-refractivity contribution in [3.8, 4) is 11.5 Å². The molecule has 29 heavy (non-hydrogen) atoms. The van der Waals surface area contributed by atoms with Gasteiger partial charge < -0.3 is 24.6 Å². The van der Waals surface area contributed by atoms with E-state index in [9.17, 15) is 14.7 Å². The number of hydrogen-bond acceptors (Lipinski definition) is 7. The van der Waals surface area contributed by atoms with Crippen LogP contribution in [-0.4, -0.2) is 44.3 Å². The maximum atomic E-state index is 12.9. The molecule has 2 aliphatic rings. The lowest BCUT2D eigenvalue weighted by atomic mass is 9.75. The lowest BCUT2D eigenvalue weighted by Gasteiger charge is -2.34. The second-order valence-electron chi connectivity index (χ2n) is 6.95. The molecule has 0 spiro atoms. The topological polar surface area (TPSA) is 94.1 Å². The highest BCUT2D eigenvalue weighted by Gasteiger charge is 2.39. The molecule has 1 aliphatic heterocycles. The molecule has 2 N–H and O–H groups in total. The van der Waals surface area contributed by atoms with E-state index in [0.717, 1.165) is 12.1 Å². The summed E-state index contributed by atoms with van der Waals surface area (Å²) >= 11 is 6.20. The molecule has 7 nitrogen and oxygen atoms in total. The molecule has 0 bridgehead atoms. The predicted octanol–water partition coefficient (Wildman–Crippen LogP) is 3.21. The number of hydrogen-bond donors (Lipinski definition) is 2. The zero-order valence-corrected chi connectivity index (χ0v) is 17.4. The number of phenolic OH excluding ortho intramolecular Hbond substituents is 1. The predicted molar refractivity (Wildman–Crippen MR) is 107 cm³/mol. The first-order valence-electron chi connectivity index (χ1n) is 9.35. The lowest BCUT2D eigenvalue weighted by molar-refractivity contribution is -0.140. The fourth-order valence-corrected chi connectivity index (χ4v) is 4.02. The molecule has 0 fully saturated rings. The minimum absolute atomic E-state index is 0.0263. The van der Waals surface area contributed by atoms with Crippen molar-refractivity contribution in [1.82, 2.24) is 5.32 Å². The van der Waals surface area contributed by atoms with Gasteiger partial charge in [-0.25, -0.2) is 4.79 Å². The molecular formula is C21H24ClNO6. The van der Waals surface area contributed by atoms with Gasteiger partial charge >= 0.3 is 5.97 Å². The van der Waals surface area contributed by atoms with Crippen LogP contribution in [0.25, 0.3) is 0 Å². The Kier molecular flexibility index (Phi) is 6.49. The third-order valence-electron chi connectivity index (χ3n) is 5.12. The molecule has 0 saturated carbocycles. The van der Waals surface area contributed by atoms with Crippen molar-refractivity contribution in [3.05, 3.63) is 45.3 Å². The van der Waals surface area contributed by atoms with Crippen LogP contribution in [0.3, 0.4) is 0 Å². The fraction of sp³-hybridized carbons (Fsp3) is 0.429. The first-order valence-corrected chi connectivity index (χ1v) is 9.73. The van der Waals surface area contributed by atoms with Gasteiger partial charge in [0.25, 0.3) is 0 Å². The van der Waals surface area contributed by atoms with Gasteiger partial charge in [0.15, 0.2) is 17.3 Å². The number of methoxy groups -OCH3 is 2. The van der Waals surface area contributed by atoms with Crippen LogP contribution < -0.4 is 10.1 Å². The van der Waals surface area contributed by atoms with Gasteiger partial charge in [-0.1, -0.05) is 11.6 Å². The molecule has 0 amide bonds. The highest BCUT2D eigenvalue weighted by molar-refractivity contribution is 6.32.